The van der Waals surface area contributed by atoms with E-state index in [-0.39, 0.29) is 17.9 Å². The summed E-state index contributed by atoms with van der Waals surface area (Å²) in [4.78, 5) is 21.3. The van der Waals surface area contributed by atoms with Crippen LogP contribution in [0.2, 0.25) is 0 Å². The van der Waals surface area contributed by atoms with Crippen LogP contribution in [0.5, 0.6) is 0 Å². The molecule has 8 nitrogen and oxygen atoms in total. The number of fused-ring (bicyclic) bond motifs is 4. The van der Waals surface area contributed by atoms with Gasteiger partial charge in [0.1, 0.15) is 0 Å². The normalized spacial score (nSPS) is 24.0. The maximum atomic E-state index is 12.7. The van der Waals surface area contributed by atoms with Gasteiger partial charge in [-0.2, -0.15) is 4.98 Å². The Hall–Kier alpha value is -2.19. The van der Waals surface area contributed by atoms with Gasteiger partial charge in [0.15, 0.2) is 5.76 Å². The number of hydrogen-bond donors (Lipinski definition) is 0. The van der Waals surface area contributed by atoms with Crippen molar-refractivity contribution in [3.05, 3.63) is 24.3 Å². The summed E-state index contributed by atoms with van der Waals surface area (Å²) in [6, 6.07) is 3.82. The predicted molar refractivity (Wildman–Crippen MR) is 87.4 cm³/mol. The summed E-state index contributed by atoms with van der Waals surface area (Å²) < 4.78 is 15.8. The molecule has 2 atom stereocenters. The van der Waals surface area contributed by atoms with Crippen LogP contribution in [0.25, 0.3) is 11.6 Å². The van der Waals surface area contributed by atoms with Crippen molar-refractivity contribution in [2.75, 3.05) is 33.4 Å². The summed E-state index contributed by atoms with van der Waals surface area (Å²) in [5.41, 5.74) is 0. The number of ether oxygens (including phenoxy) is 1. The zero-order valence-corrected chi connectivity index (χ0v) is 14.3. The van der Waals surface area contributed by atoms with Crippen molar-refractivity contribution in [1.29, 1.82) is 0 Å². The molecule has 3 saturated heterocycles. The number of hydrogen-bond acceptors (Lipinski definition) is 7. The third kappa shape index (κ3) is 3.32. The number of rotatable bonds is 6. The number of carbonyl (C=O) groups excluding carboxylic acids is 1. The van der Waals surface area contributed by atoms with E-state index in [0.29, 0.717) is 37.2 Å². The first-order valence-corrected chi connectivity index (χ1v) is 8.63. The Morgan fingerprint density at radius 1 is 1.36 bits per heavy atom. The van der Waals surface area contributed by atoms with E-state index in [0.717, 1.165) is 25.9 Å². The van der Waals surface area contributed by atoms with Crippen molar-refractivity contribution in [3.63, 3.8) is 0 Å². The van der Waals surface area contributed by atoms with Crippen molar-refractivity contribution < 1.29 is 18.5 Å². The highest BCUT2D eigenvalue weighted by molar-refractivity contribution is 5.80. The second kappa shape index (κ2) is 6.97. The third-order valence-electron chi connectivity index (χ3n) is 4.97. The maximum Gasteiger partial charge on any atom is 0.241 e. The number of piperidine rings is 1. The van der Waals surface area contributed by atoms with Crippen LogP contribution in [0.15, 0.2) is 27.3 Å². The molecule has 5 rings (SSSR count). The van der Waals surface area contributed by atoms with Crippen LogP contribution in [-0.4, -0.2) is 65.2 Å². The molecule has 0 aliphatic carbocycles. The van der Waals surface area contributed by atoms with E-state index in [4.69, 9.17) is 13.7 Å². The van der Waals surface area contributed by atoms with E-state index < -0.39 is 0 Å². The number of amides is 1. The average Bonchev–Trinajstić information content (AvgIpc) is 3.22. The molecular weight excluding hydrogens is 324 g/mol. The molecule has 2 aromatic rings. The molecule has 134 valence electrons. The molecule has 0 spiro atoms. The van der Waals surface area contributed by atoms with Gasteiger partial charge in [-0.05, 0) is 25.0 Å². The smallest absolute Gasteiger partial charge is 0.241 e. The molecule has 5 heterocycles. The van der Waals surface area contributed by atoms with E-state index in [1.807, 2.05) is 4.90 Å². The first-order valence-electron chi connectivity index (χ1n) is 8.63. The third-order valence-corrected chi connectivity index (χ3v) is 4.97. The van der Waals surface area contributed by atoms with Gasteiger partial charge < -0.3 is 18.6 Å². The lowest BCUT2D eigenvalue weighted by Gasteiger charge is -2.35. The topological polar surface area (TPSA) is 84.8 Å². The monoisotopic (exact) mass is 346 g/mol. The van der Waals surface area contributed by atoms with Crippen molar-refractivity contribution in [2.45, 2.75) is 25.4 Å². The Balaban J connectivity index is 1.45. The van der Waals surface area contributed by atoms with Crippen LogP contribution >= 0.6 is 0 Å². The number of methoxy groups -OCH3 is 1. The average molecular weight is 346 g/mol. The minimum atomic E-state index is 0.0445. The Morgan fingerprint density at radius 3 is 3.08 bits per heavy atom. The molecule has 2 bridgehead atoms. The molecule has 0 N–H and O–H groups in total. The molecule has 2 aromatic heterocycles. The summed E-state index contributed by atoms with van der Waals surface area (Å²) in [5.74, 6) is 1.88. The second-order valence-electron chi connectivity index (χ2n) is 6.64. The van der Waals surface area contributed by atoms with Gasteiger partial charge in [0.05, 0.1) is 25.3 Å². The zero-order valence-electron chi connectivity index (χ0n) is 14.3. The Labute approximate surface area is 145 Å². The van der Waals surface area contributed by atoms with Crippen LogP contribution in [-0.2, 0) is 16.1 Å². The van der Waals surface area contributed by atoms with E-state index in [9.17, 15) is 4.79 Å². The minimum absolute atomic E-state index is 0.0445. The Kier molecular flexibility index (Phi) is 4.54. The lowest BCUT2D eigenvalue weighted by atomic mass is 9.94. The SMILES string of the molecule is COCCN1C(=O)[C@H]2CC[C@@H]1CN(Cc1nc(-c3ccco3)no1)C2. The maximum absolute atomic E-state index is 12.7. The largest absolute Gasteiger partial charge is 0.461 e. The van der Waals surface area contributed by atoms with E-state index >= 15 is 0 Å². The van der Waals surface area contributed by atoms with Crippen molar-refractivity contribution in [1.82, 2.24) is 19.9 Å². The number of aromatic nitrogens is 2. The standard InChI is InChI=1S/C17H22N4O4/c1-23-8-6-21-13-5-4-12(17(21)22)9-20(10-13)11-15-18-16(19-25-15)14-3-2-7-24-14/h2-3,7,12-13H,4-6,8-11H2,1H3/t12-,13+/m0/s1. The van der Waals surface area contributed by atoms with Gasteiger partial charge in [0.2, 0.25) is 17.6 Å². The summed E-state index contributed by atoms with van der Waals surface area (Å²) in [6.45, 7) is 3.34. The highest BCUT2D eigenvalue weighted by Crippen LogP contribution is 2.29. The molecule has 25 heavy (non-hydrogen) atoms. The van der Waals surface area contributed by atoms with Gasteiger partial charge >= 0.3 is 0 Å². The van der Waals surface area contributed by atoms with Gasteiger partial charge in [-0.15, -0.1) is 0 Å². The number of nitrogens with zero attached hydrogens (tertiary/aromatic N) is 4. The van der Waals surface area contributed by atoms with E-state index in [1.165, 1.54) is 0 Å². The Morgan fingerprint density at radius 2 is 2.28 bits per heavy atom. The highest BCUT2D eigenvalue weighted by Gasteiger charge is 2.40. The van der Waals surface area contributed by atoms with Gasteiger partial charge in [-0.1, -0.05) is 5.16 Å². The fourth-order valence-electron chi connectivity index (χ4n) is 3.76. The van der Waals surface area contributed by atoms with Crippen molar-refractivity contribution >= 4 is 5.91 Å². The quantitative estimate of drug-likeness (QED) is 0.781. The molecule has 0 radical (unpaired) electrons. The van der Waals surface area contributed by atoms with Crippen LogP contribution in [0.3, 0.4) is 0 Å². The van der Waals surface area contributed by atoms with Gasteiger partial charge in [0, 0.05) is 32.8 Å². The highest BCUT2D eigenvalue weighted by atomic mass is 16.5. The van der Waals surface area contributed by atoms with Crippen LogP contribution in [0.1, 0.15) is 18.7 Å². The fraction of sp³-hybridized carbons (Fsp3) is 0.588. The molecule has 0 saturated carbocycles. The second-order valence-corrected chi connectivity index (χ2v) is 6.64. The molecule has 3 aliphatic heterocycles. The molecule has 8 heteroatoms. The molecule has 1 amide bonds. The zero-order chi connectivity index (χ0) is 17.2. The minimum Gasteiger partial charge on any atom is -0.461 e. The molecular formula is C17H22N4O4. The molecule has 3 aliphatic rings. The van der Waals surface area contributed by atoms with Crippen molar-refractivity contribution in [3.8, 4) is 11.6 Å². The van der Waals surface area contributed by atoms with E-state index in [2.05, 4.69) is 15.0 Å². The molecule has 0 aromatic carbocycles. The lowest BCUT2D eigenvalue weighted by molar-refractivity contribution is -0.140. The summed E-state index contributed by atoms with van der Waals surface area (Å²) in [6.07, 6.45) is 3.57. The van der Waals surface area contributed by atoms with Crippen LogP contribution in [0, 0.1) is 5.92 Å². The fourth-order valence-corrected chi connectivity index (χ4v) is 3.76. The van der Waals surface area contributed by atoms with Gasteiger partial charge in [0.25, 0.3) is 0 Å². The van der Waals surface area contributed by atoms with Crippen LogP contribution in [0.4, 0.5) is 0 Å². The van der Waals surface area contributed by atoms with E-state index in [1.54, 1.807) is 25.5 Å². The summed E-state index contributed by atoms with van der Waals surface area (Å²) in [7, 11) is 1.67. The Bertz CT molecular complexity index is 714. The summed E-state index contributed by atoms with van der Waals surface area (Å²) in [5, 5.41) is 3.97. The number of furan rings is 1. The predicted octanol–water partition coefficient (Wildman–Crippen LogP) is 1.40. The molecule has 3 fully saturated rings. The molecule has 0 unspecified atom stereocenters. The lowest BCUT2D eigenvalue weighted by Crippen LogP contribution is -2.49. The van der Waals surface area contributed by atoms with Crippen LogP contribution < -0.4 is 0 Å². The number of carbonyl (C=O) groups is 1. The summed E-state index contributed by atoms with van der Waals surface area (Å²) >= 11 is 0. The van der Waals surface area contributed by atoms with Gasteiger partial charge in [-0.3, -0.25) is 9.69 Å². The van der Waals surface area contributed by atoms with Crippen molar-refractivity contribution in [2.24, 2.45) is 5.92 Å². The van der Waals surface area contributed by atoms with Gasteiger partial charge in [-0.25, -0.2) is 0 Å². The first kappa shape index (κ1) is 16.3. The first-order chi connectivity index (χ1) is 12.2.